The molecular formula is C17H27N3O2. The first-order valence-electron chi connectivity index (χ1n) is 7.84. The van der Waals surface area contributed by atoms with E-state index in [4.69, 9.17) is 0 Å². The number of hydrogen-bond acceptors (Lipinski definition) is 3. The Morgan fingerprint density at radius 3 is 2.86 bits per heavy atom. The highest BCUT2D eigenvalue weighted by Gasteiger charge is 2.21. The summed E-state index contributed by atoms with van der Waals surface area (Å²) in [5.74, 6) is 0. The number of aliphatic hydroxyl groups excluding tert-OH is 1. The number of amides is 2. The zero-order chi connectivity index (χ0) is 16.3. The number of likely N-dealkylation sites (N-methyl/N-ethyl adjacent to an activating group) is 1. The van der Waals surface area contributed by atoms with E-state index in [1.54, 1.807) is 6.92 Å². The summed E-state index contributed by atoms with van der Waals surface area (Å²) in [6, 6.07) is 5.83. The van der Waals surface area contributed by atoms with Gasteiger partial charge in [-0.25, -0.2) is 4.79 Å². The Morgan fingerprint density at radius 2 is 2.18 bits per heavy atom. The molecular weight excluding hydrogens is 278 g/mol. The molecule has 1 aliphatic heterocycles. The Morgan fingerprint density at radius 1 is 1.45 bits per heavy atom. The van der Waals surface area contributed by atoms with Gasteiger partial charge in [-0.15, -0.1) is 0 Å². The summed E-state index contributed by atoms with van der Waals surface area (Å²) in [5.41, 5.74) is 3.18. The van der Waals surface area contributed by atoms with E-state index >= 15 is 0 Å². The first-order valence-corrected chi connectivity index (χ1v) is 7.84. The number of aliphatic hydroxyl groups is 1. The van der Waals surface area contributed by atoms with Gasteiger partial charge in [-0.2, -0.15) is 0 Å². The molecule has 22 heavy (non-hydrogen) atoms. The van der Waals surface area contributed by atoms with Crippen LogP contribution in [0, 0.1) is 5.41 Å². The van der Waals surface area contributed by atoms with Crippen LogP contribution in [0.15, 0.2) is 18.2 Å². The second-order valence-corrected chi connectivity index (χ2v) is 7.04. The van der Waals surface area contributed by atoms with Crippen molar-refractivity contribution in [1.82, 2.24) is 5.32 Å². The van der Waals surface area contributed by atoms with Crippen LogP contribution in [0.5, 0.6) is 0 Å². The van der Waals surface area contributed by atoms with Gasteiger partial charge in [-0.05, 0) is 42.9 Å². The van der Waals surface area contributed by atoms with Crippen molar-refractivity contribution in [2.45, 2.75) is 39.7 Å². The normalized spacial score (nSPS) is 15.4. The van der Waals surface area contributed by atoms with Gasteiger partial charge in [0.1, 0.15) is 0 Å². The van der Waals surface area contributed by atoms with Crippen molar-refractivity contribution < 1.29 is 9.90 Å². The predicted octanol–water partition coefficient (Wildman–Crippen LogP) is 2.60. The zero-order valence-corrected chi connectivity index (χ0v) is 13.9. The molecule has 0 radical (unpaired) electrons. The number of carbonyl (C=O) groups is 1. The summed E-state index contributed by atoms with van der Waals surface area (Å²) in [4.78, 5) is 14.2. The third-order valence-electron chi connectivity index (χ3n) is 4.05. The molecule has 2 rings (SSSR count). The summed E-state index contributed by atoms with van der Waals surface area (Å²) in [6.45, 7) is 7.38. The van der Waals surface area contributed by atoms with Crippen molar-refractivity contribution in [1.29, 1.82) is 0 Å². The highest BCUT2D eigenvalue weighted by atomic mass is 16.3. The molecule has 1 aliphatic rings. The van der Waals surface area contributed by atoms with Crippen molar-refractivity contribution in [2.24, 2.45) is 5.41 Å². The van der Waals surface area contributed by atoms with E-state index < -0.39 is 0 Å². The van der Waals surface area contributed by atoms with Crippen LogP contribution in [0.3, 0.4) is 0 Å². The second-order valence-electron chi connectivity index (χ2n) is 7.04. The van der Waals surface area contributed by atoms with Gasteiger partial charge in [0.15, 0.2) is 0 Å². The number of hydrogen-bond donors (Lipinski definition) is 3. The third-order valence-corrected chi connectivity index (χ3v) is 4.05. The van der Waals surface area contributed by atoms with Gasteiger partial charge in [0.25, 0.3) is 0 Å². The molecule has 0 saturated heterocycles. The van der Waals surface area contributed by atoms with Crippen LogP contribution in [0.2, 0.25) is 0 Å². The standard InChI is InChI=1S/C17H27N3O2/c1-12(21)10-17(2,3)11-18-16(22)19-14-6-5-13-7-8-20(4)15(13)9-14/h5-6,9,12,21H,7-8,10-11H2,1-4H3,(H2,18,19,22). The second kappa shape index (κ2) is 6.57. The lowest BCUT2D eigenvalue weighted by molar-refractivity contribution is 0.129. The highest BCUT2D eigenvalue weighted by molar-refractivity contribution is 5.90. The molecule has 0 spiro atoms. The Labute approximate surface area is 132 Å². The van der Waals surface area contributed by atoms with Gasteiger partial charge < -0.3 is 20.6 Å². The molecule has 2 amide bonds. The number of anilines is 2. The summed E-state index contributed by atoms with van der Waals surface area (Å²) in [6.07, 6.45) is 1.34. The third kappa shape index (κ3) is 4.37. The summed E-state index contributed by atoms with van der Waals surface area (Å²) >= 11 is 0. The van der Waals surface area contributed by atoms with E-state index in [1.807, 2.05) is 26.0 Å². The molecule has 0 fully saturated rings. The number of fused-ring (bicyclic) bond motifs is 1. The van der Waals surface area contributed by atoms with Gasteiger partial charge in [0.2, 0.25) is 0 Å². The largest absolute Gasteiger partial charge is 0.393 e. The lowest BCUT2D eigenvalue weighted by Crippen LogP contribution is -2.38. The molecule has 1 atom stereocenters. The Hall–Kier alpha value is -1.75. The Kier molecular flexibility index (Phi) is 4.96. The number of nitrogens with zero attached hydrogens (tertiary/aromatic N) is 1. The van der Waals surface area contributed by atoms with Crippen molar-refractivity contribution >= 4 is 17.4 Å². The van der Waals surface area contributed by atoms with Crippen LogP contribution in [0.4, 0.5) is 16.2 Å². The SMILES string of the molecule is CC(O)CC(C)(C)CNC(=O)Nc1ccc2c(c1)N(C)CC2. The minimum Gasteiger partial charge on any atom is -0.393 e. The maximum absolute atomic E-state index is 12.0. The molecule has 0 bridgehead atoms. The lowest BCUT2D eigenvalue weighted by atomic mass is 9.87. The quantitative estimate of drug-likeness (QED) is 0.783. The maximum atomic E-state index is 12.0. The summed E-state index contributed by atoms with van der Waals surface area (Å²) < 4.78 is 0. The van der Waals surface area contributed by atoms with E-state index in [0.29, 0.717) is 13.0 Å². The van der Waals surface area contributed by atoms with E-state index in [0.717, 1.165) is 18.7 Å². The Balaban J connectivity index is 1.89. The van der Waals surface area contributed by atoms with Gasteiger partial charge in [-0.1, -0.05) is 19.9 Å². The van der Waals surface area contributed by atoms with Gasteiger partial charge in [0.05, 0.1) is 6.10 Å². The van der Waals surface area contributed by atoms with Gasteiger partial charge in [0, 0.05) is 31.5 Å². The van der Waals surface area contributed by atoms with E-state index in [9.17, 15) is 9.90 Å². The molecule has 1 heterocycles. The van der Waals surface area contributed by atoms with Crippen molar-refractivity contribution in [3.63, 3.8) is 0 Å². The topological polar surface area (TPSA) is 64.6 Å². The number of rotatable bonds is 5. The zero-order valence-electron chi connectivity index (χ0n) is 13.9. The fourth-order valence-electron chi connectivity index (χ4n) is 2.98. The average molecular weight is 305 g/mol. The number of carbonyl (C=O) groups excluding carboxylic acids is 1. The molecule has 0 saturated carbocycles. The molecule has 1 unspecified atom stereocenters. The minimum atomic E-state index is -0.368. The Bertz CT molecular complexity index is 541. The average Bonchev–Trinajstić information content (AvgIpc) is 2.77. The molecule has 3 N–H and O–H groups in total. The monoisotopic (exact) mass is 305 g/mol. The van der Waals surface area contributed by atoms with E-state index in [-0.39, 0.29) is 17.6 Å². The van der Waals surface area contributed by atoms with Crippen molar-refractivity contribution in [2.75, 3.05) is 30.4 Å². The molecule has 5 heteroatoms. The van der Waals surface area contributed by atoms with Crippen molar-refractivity contribution in [3.05, 3.63) is 23.8 Å². The first-order chi connectivity index (χ1) is 10.3. The number of benzene rings is 1. The lowest BCUT2D eigenvalue weighted by Gasteiger charge is -2.26. The number of urea groups is 1. The van der Waals surface area contributed by atoms with E-state index in [1.165, 1.54) is 11.3 Å². The molecule has 5 nitrogen and oxygen atoms in total. The smallest absolute Gasteiger partial charge is 0.319 e. The highest BCUT2D eigenvalue weighted by Crippen LogP contribution is 2.29. The predicted molar refractivity (Wildman–Crippen MR) is 90.5 cm³/mol. The van der Waals surface area contributed by atoms with Crippen molar-refractivity contribution in [3.8, 4) is 0 Å². The van der Waals surface area contributed by atoms with Crippen LogP contribution in [0.25, 0.3) is 0 Å². The van der Waals surface area contributed by atoms with E-state index in [2.05, 4.69) is 28.6 Å². The minimum absolute atomic E-state index is 0.135. The first kappa shape index (κ1) is 16.6. The van der Waals surface area contributed by atoms with Gasteiger partial charge in [-0.3, -0.25) is 0 Å². The van der Waals surface area contributed by atoms with Crippen LogP contribution >= 0.6 is 0 Å². The molecule has 0 aromatic heterocycles. The summed E-state index contributed by atoms with van der Waals surface area (Å²) in [7, 11) is 2.06. The molecule has 122 valence electrons. The molecule has 0 aliphatic carbocycles. The van der Waals surface area contributed by atoms with Crippen LogP contribution in [0.1, 0.15) is 32.8 Å². The van der Waals surface area contributed by atoms with Crippen LogP contribution in [-0.4, -0.2) is 37.4 Å². The number of nitrogens with one attached hydrogen (secondary N) is 2. The fraction of sp³-hybridized carbons (Fsp3) is 0.588. The maximum Gasteiger partial charge on any atom is 0.319 e. The van der Waals surface area contributed by atoms with Crippen LogP contribution in [-0.2, 0) is 6.42 Å². The summed E-state index contributed by atoms with van der Waals surface area (Å²) in [5, 5.41) is 15.2. The molecule has 1 aromatic carbocycles. The van der Waals surface area contributed by atoms with Crippen LogP contribution < -0.4 is 15.5 Å². The van der Waals surface area contributed by atoms with Gasteiger partial charge >= 0.3 is 6.03 Å². The fourth-order valence-corrected chi connectivity index (χ4v) is 2.98. The molecule has 1 aromatic rings.